The van der Waals surface area contributed by atoms with Gasteiger partial charge in [-0.2, -0.15) is 5.10 Å². The number of nitrogens with zero attached hydrogens (tertiary/aromatic N) is 1. The molecule has 2 aromatic carbocycles. The number of methoxy groups -OCH3 is 1. The lowest BCUT2D eigenvalue weighted by molar-refractivity contribution is -0.139. The zero-order chi connectivity index (χ0) is 25.4. The van der Waals surface area contributed by atoms with Crippen LogP contribution in [-0.2, 0) is 14.3 Å². The molecule has 9 nitrogen and oxygen atoms in total. The Hall–Kier alpha value is -3.63. The molecule has 0 unspecified atom stereocenters. The fourth-order valence-corrected chi connectivity index (χ4v) is 3.86. The number of ether oxygens (including phenoxy) is 3. The highest BCUT2D eigenvalue weighted by Gasteiger charge is 2.32. The molecule has 184 valence electrons. The number of hydrogen-bond donors (Lipinski definition) is 3. The van der Waals surface area contributed by atoms with Gasteiger partial charge in [-0.1, -0.05) is 29.8 Å². The average Bonchev–Trinajstić information content (AvgIpc) is 2.82. The molecule has 1 aliphatic rings. The van der Waals surface area contributed by atoms with E-state index < -0.39 is 17.9 Å². The molecule has 0 saturated heterocycles. The number of carbonyl (C=O) groups is 2. The van der Waals surface area contributed by atoms with E-state index in [1.807, 2.05) is 0 Å². The molecule has 0 fully saturated rings. The van der Waals surface area contributed by atoms with Crippen molar-refractivity contribution in [2.45, 2.75) is 19.9 Å². The van der Waals surface area contributed by atoms with Crippen LogP contribution in [0.5, 0.6) is 11.5 Å². The van der Waals surface area contributed by atoms with Crippen LogP contribution in [0.15, 0.2) is 58.8 Å². The standard InChI is InChI=1S/C24H25ClN4O5S/c1-4-33-23(31)21-14(2)27-24(35)28-22(21)17-7-5-6-8-19(17)34-13-20(30)29-26-12-15-11-16(25)9-10-18(15)32-3/h5-12,22H,4,13H2,1-3H3,(H,29,30)(H2,27,28,35)/t22-/m0/s1. The van der Waals surface area contributed by atoms with E-state index in [2.05, 4.69) is 21.2 Å². The van der Waals surface area contributed by atoms with Crippen molar-refractivity contribution in [3.8, 4) is 11.5 Å². The predicted molar refractivity (Wildman–Crippen MR) is 137 cm³/mol. The Bertz CT molecular complexity index is 1180. The number of allylic oxidation sites excluding steroid dienone is 1. The Kier molecular flexibility index (Phi) is 9.04. The van der Waals surface area contributed by atoms with Gasteiger partial charge in [0.25, 0.3) is 5.91 Å². The van der Waals surface area contributed by atoms with Gasteiger partial charge in [-0.3, -0.25) is 4.79 Å². The van der Waals surface area contributed by atoms with E-state index >= 15 is 0 Å². The number of rotatable bonds is 9. The van der Waals surface area contributed by atoms with Crippen molar-refractivity contribution < 1.29 is 23.8 Å². The lowest BCUT2D eigenvalue weighted by Crippen LogP contribution is -2.45. The van der Waals surface area contributed by atoms with Crippen LogP contribution >= 0.6 is 23.8 Å². The SMILES string of the molecule is CCOC(=O)C1=C(C)NC(=S)N[C@H]1c1ccccc1OCC(=O)NN=Cc1cc(Cl)ccc1OC. The number of hydrogen-bond acceptors (Lipinski definition) is 7. The normalized spacial score (nSPS) is 15.3. The summed E-state index contributed by atoms with van der Waals surface area (Å²) >= 11 is 11.3. The summed E-state index contributed by atoms with van der Waals surface area (Å²) < 4.78 is 16.2. The molecule has 3 rings (SSSR count). The molecular formula is C24H25ClN4O5S. The van der Waals surface area contributed by atoms with E-state index in [0.717, 1.165) is 0 Å². The number of nitrogens with one attached hydrogen (secondary N) is 3. The minimum absolute atomic E-state index is 0.229. The zero-order valence-corrected chi connectivity index (χ0v) is 21.0. The first kappa shape index (κ1) is 26.0. The van der Waals surface area contributed by atoms with Crippen LogP contribution in [0.3, 0.4) is 0 Å². The second-order valence-electron chi connectivity index (χ2n) is 7.30. The van der Waals surface area contributed by atoms with Crippen molar-refractivity contribution in [3.63, 3.8) is 0 Å². The number of para-hydroxylation sites is 1. The highest BCUT2D eigenvalue weighted by molar-refractivity contribution is 7.80. The lowest BCUT2D eigenvalue weighted by atomic mass is 9.95. The molecule has 2 aromatic rings. The van der Waals surface area contributed by atoms with E-state index in [-0.39, 0.29) is 13.2 Å². The first-order valence-corrected chi connectivity index (χ1v) is 11.4. The Balaban J connectivity index is 1.72. The zero-order valence-electron chi connectivity index (χ0n) is 19.4. The number of esters is 1. The lowest BCUT2D eigenvalue weighted by Gasteiger charge is -2.30. The second-order valence-corrected chi connectivity index (χ2v) is 8.14. The quantitative estimate of drug-likeness (QED) is 0.202. The van der Waals surface area contributed by atoms with Gasteiger partial charge in [0.2, 0.25) is 0 Å². The minimum Gasteiger partial charge on any atom is -0.496 e. The molecule has 1 atom stereocenters. The van der Waals surface area contributed by atoms with Gasteiger partial charge in [-0.15, -0.1) is 0 Å². The summed E-state index contributed by atoms with van der Waals surface area (Å²) in [5.74, 6) is 0.00431. The summed E-state index contributed by atoms with van der Waals surface area (Å²) in [6.07, 6.45) is 1.43. The van der Waals surface area contributed by atoms with Crippen molar-refractivity contribution in [2.24, 2.45) is 5.10 Å². The summed E-state index contributed by atoms with van der Waals surface area (Å²) in [5.41, 5.74) is 4.59. The third-order valence-corrected chi connectivity index (χ3v) is 5.39. The summed E-state index contributed by atoms with van der Waals surface area (Å²) in [6.45, 7) is 3.40. The van der Waals surface area contributed by atoms with Crippen LogP contribution < -0.4 is 25.5 Å². The maximum atomic E-state index is 12.6. The highest BCUT2D eigenvalue weighted by Crippen LogP contribution is 2.33. The summed E-state index contributed by atoms with van der Waals surface area (Å²) in [7, 11) is 1.53. The largest absolute Gasteiger partial charge is 0.496 e. The molecule has 35 heavy (non-hydrogen) atoms. The molecule has 0 radical (unpaired) electrons. The maximum Gasteiger partial charge on any atom is 0.338 e. The van der Waals surface area contributed by atoms with Crippen LogP contribution in [0.1, 0.15) is 31.0 Å². The number of amides is 1. The van der Waals surface area contributed by atoms with Crippen LogP contribution in [-0.4, -0.2) is 43.5 Å². The fourth-order valence-electron chi connectivity index (χ4n) is 3.41. The van der Waals surface area contributed by atoms with Crippen LogP contribution in [0, 0.1) is 0 Å². The summed E-state index contributed by atoms with van der Waals surface area (Å²) in [4.78, 5) is 25.0. The third-order valence-electron chi connectivity index (χ3n) is 4.94. The van der Waals surface area contributed by atoms with Gasteiger partial charge in [0.15, 0.2) is 11.7 Å². The number of hydrazone groups is 1. The van der Waals surface area contributed by atoms with Gasteiger partial charge in [-0.05, 0) is 50.3 Å². The molecule has 0 aromatic heterocycles. The fraction of sp³-hybridized carbons (Fsp3) is 0.250. The number of thiocarbonyl (C=S) groups is 1. The van der Waals surface area contributed by atoms with Crippen molar-refractivity contribution in [1.82, 2.24) is 16.1 Å². The van der Waals surface area contributed by atoms with E-state index in [9.17, 15) is 9.59 Å². The van der Waals surface area contributed by atoms with Gasteiger partial charge < -0.3 is 24.8 Å². The molecule has 0 saturated carbocycles. The van der Waals surface area contributed by atoms with Crippen LogP contribution in [0.4, 0.5) is 0 Å². The van der Waals surface area contributed by atoms with Crippen LogP contribution in [0.2, 0.25) is 5.02 Å². The van der Waals surface area contributed by atoms with Gasteiger partial charge in [0, 0.05) is 21.8 Å². The van der Waals surface area contributed by atoms with Gasteiger partial charge >= 0.3 is 5.97 Å². The molecule has 0 bridgehead atoms. The highest BCUT2D eigenvalue weighted by atomic mass is 35.5. The van der Waals surface area contributed by atoms with Gasteiger partial charge in [0.1, 0.15) is 11.5 Å². The molecule has 3 N–H and O–H groups in total. The number of carbonyl (C=O) groups excluding carboxylic acids is 2. The van der Waals surface area contributed by atoms with Crippen molar-refractivity contribution in [3.05, 3.63) is 69.9 Å². The Morgan fingerprint density at radius 3 is 2.74 bits per heavy atom. The minimum atomic E-state index is -0.615. The molecule has 1 amide bonds. The van der Waals surface area contributed by atoms with E-state index in [0.29, 0.717) is 44.0 Å². The second kappa shape index (κ2) is 12.2. The van der Waals surface area contributed by atoms with E-state index in [1.54, 1.807) is 56.3 Å². The monoisotopic (exact) mass is 516 g/mol. The third kappa shape index (κ3) is 6.71. The molecule has 1 aliphatic heterocycles. The molecular weight excluding hydrogens is 492 g/mol. The number of halogens is 1. The van der Waals surface area contributed by atoms with Crippen molar-refractivity contribution in [1.29, 1.82) is 0 Å². The maximum absolute atomic E-state index is 12.6. The smallest absolute Gasteiger partial charge is 0.338 e. The van der Waals surface area contributed by atoms with Crippen LogP contribution in [0.25, 0.3) is 0 Å². The Morgan fingerprint density at radius 2 is 2.00 bits per heavy atom. The topological polar surface area (TPSA) is 110 Å². The number of benzene rings is 2. The van der Waals surface area contributed by atoms with Crippen molar-refractivity contribution in [2.75, 3.05) is 20.3 Å². The average molecular weight is 517 g/mol. The molecule has 0 aliphatic carbocycles. The first-order chi connectivity index (χ1) is 16.8. The van der Waals surface area contributed by atoms with Gasteiger partial charge in [0.05, 0.1) is 31.5 Å². The molecule has 1 heterocycles. The van der Waals surface area contributed by atoms with E-state index in [4.69, 9.17) is 38.0 Å². The summed E-state index contributed by atoms with van der Waals surface area (Å²) in [5, 5.41) is 10.8. The van der Waals surface area contributed by atoms with Crippen molar-refractivity contribution >= 4 is 47.0 Å². The van der Waals surface area contributed by atoms with E-state index in [1.165, 1.54) is 13.3 Å². The first-order valence-electron chi connectivity index (χ1n) is 10.7. The Morgan fingerprint density at radius 1 is 1.23 bits per heavy atom. The predicted octanol–water partition coefficient (Wildman–Crippen LogP) is 3.23. The molecule has 0 spiro atoms. The molecule has 11 heteroatoms. The van der Waals surface area contributed by atoms with Gasteiger partial charge in [-0.25, -0.2) is 10.2 Å². The summed E-state index contributed by atoms with van der Waals surface area (Å²) in [6, 6.07) is 11.5. The Labute approximate surface area is 213 Å².